The van der Waals surface area contributed by atoms with Gasteiger partial charge < -0.3 is 5.73 Å². The van der Waals surface area contributed by atoms with E-state index in [2.05, 4.69) is 9.80 Å². The third kappa shape index (κ3) is 2.41. The molecular weight excluding hydrogens is 198 g/mol. The van der Waals surface area contributed by atoms with Gasteiger partial charge in [0.25, 0.3) is 0 Å². The van der Waals surface area contributed by atoms with E-state index in [1.165, 1.54) is 64.7 Å². The molecule has 1 heterocycles. The predicted octanol–water partition coefficient (Wildman–Crippen LogP) is 1.04. The summed E-state index contributed by atoms with van der Waals surface area (Å²) in [6, 6.07) is 2.30. The zero-order valence-electron chi connectivity index (χ0n) is 10.3. The van der Waals surface area contributed by atoms with Gasteiger partial charge in [0, 0.05) is 44.3 Å². The minimum absolute atomic E-state index is 0.490. The van der Waals surface area contributed by atoms with Crippen molar-refractivity contribution in [3.63, 3.8) is 0 Å². The van der Waals surface area contributed by atoms with Gasteiger partial charge in [0.15, 0.2) is 0 Å². The van der Waals surface area contributed by atoms with Crippen molar-refractivity contribution in [2.24, 2.45) is 5.73 Å². The van der Waals surface area contributed by atoms with Crippen LogP contribution in [-0.4, -0.2) is 54.1 Å². The van der Waals surface area contributed by atoms with E-state index >= 15 is 0 Å². The molecule has 16 heavy (non-hydrogen) atoms. The van der Waals surface area contributed by atoms with E-state index in [9.17, 15) is 0 Å². The summed E-state index contributed by atoms with van der Waals surface area (Å²) in [6.45, 7) is 5.23. The maximum absolute atomic E-state index is 5.97. The second-order valence-electron chi connectivity index (χ2n) is 5.87. The molecule has 2 N–H and O–H groups in total. The Morgan fingerprint density at radius 2 is 1.00 bits per heavy atom. The SMILES string of the molecule is NC1CCC(N2CCN(C3CC3)CC2)CC1. The fourth-order valence-corrected chi connectivity index (χ4v) is 3.37. The minimum Gasteiger partial charge on any atom is -0.328 e. The van der Waals surface area contributed by atoms with Gasteiger partial charge in [-0.3, -0.25) is 9.80 Å². The normalized spacial score (nSPS) is 38.8. The van der Waals surface area contributed by atoms with Crippen molar-refractivity contribution in [3.05, 3.63) is 0 Å². The summed E-state index contributed by atoms with van der Waals surface area (Å²) in [7, 11) is 0. The molecule has 0 unspecified atom stereocenters. The number of nitrogens with zero attached hydrogens (tertiary/aromatic N) is 2. The first-order valence-corrected chi connectivity index (χ1v) is 7.06. The van der Waals surface area contributed by atoms with E-state index in [0.717, 1.165) is 12.1 Å². The van der Waals surface area contributed by atoms with Gasteiger partial charge in [-0.1, -0.05) is 0 Å². The zero-order chi connectivity index (χ0) is 11.0. The highest BCUT2D eigenvalue weighted by atomic mass is 15.3. The Morgan fingerprint density at radius 1 is 0.625 bits per heavy atom. The summed E-state index contributed by atoms with van der Waals surface area (Å²) >= 11 is 0. The lowest BCUT2D eigenvalue weighted by molar-refractivity contribution is 0.0728. The maximum Gasteiger partial charge on any atom is 0.0113 e. The molecule has 3 fully saturated rings. The molecule has 92 valence electrons. The van der Waals surface area contributed by atoms with E-state index < -0.39 is 0 Å². The monoisotopic (exact) mass is 223 g/mol. The van der Waals surface area contributed by atoms with Gasteiger partial charge in [0.1, 0.15) is 0 Å². The summed E-state index contributed by atoms with van der Waals surface area (Å²) in [6.07, 6.45) is 8.08. The van der Waals surface area contributed by atoms with Crippen molar-refractivity contribution >= 4 is 0 Å². The smallest absolute Gasteiger partial charge is 0.0113 e. The number of nitrogens with two attached hydrogens (primary N) is 1. The molecule has 0 spiro atoms. The number of rotatable bonds is 2. The summed E-state index contributed by atoms with van der Waals surface area (Å²) < 4.78 is 0. The highest BCUT2D eigenvalue weighted by Crippen LogP contribution is 2.29. The van der Waals surface area contributed by atoms with Crippen LogP contribution in [0.2, 0.25) is 0 Å². The molecule has 3 aliphatic rings. The largest absolute Gasteiger partial charge is 0.328 e. The number of hydrogen-bond donors (Lipinski definition) is 1. The quantitative estimate of drug-likeness (QED) is 0.759. The van der Waals surface area contributed by atoms with E-state index in [1.54, 1.807) is 0 Å². The molecule has 3 heteroatoms. The molecular formula is C13H25N3. The van der Waals surface area contributed by atoms with Gasteiger partial charge >= 0.3 is 0 Å². The van der Waals surface area contributed by atoms with Crippen LogP contribution in [-0.2, 0) is 0 Å². The lowest BCUT2D eigenvalue weighted by Crippen LogP contribution is -2.52. The highest BCUT2D eigenvalue weighted by Gasteiger charge is 2.33. The molecule has 1 saturated heterocycles. The van der Waals surface area contributed by atoms with Gasteiger partial charge in [-0.05, 0) is 38.5 Å². The van der Waals surface area contributed by atoms with Crippen molar-refractivity contribution in [2.75, 3.05) is 26.2 Å². The van der Waals surface area contributed by atoms with Crippen LogP contribution >= 0.6 is 0 Å². The molecule has 0 aromatic heterocycles. The Morgan fingerprint density at radius 3 is 1.38 bits per heavy atom. The Labute approximate surface area is 99.0 Å². The molecule has 0 aromatic carbocycles. The van der Waals surface area contributed by atoms with Crippen molar-refractivity contribution < 1.29 is 0 Å². The molecule has 1 aliphatic heterocycles. The van der Waals surface area contributed by atoms with Gasteiger partial charge in [0.05, 0.1) is 0 Å². The van der Waals surface area contributed by atoms with E-state index in [4.69, 9.17) is 5.73 Å². The van der Waals surface area contributed by atoms with Crippen molar-refractivity contribution in [1.82, 2.24) is 9.80 Å². The first-order valence-electron chi connectivity index (χ1n) is 7.06. The lowest BCUT2D eigenvalue weighted by atomic mass is 9.90. The molecule has 3 nitrogen and oxygen atoms in total. The molecule has 0 aromatic rings. The fraction of sp³-hybridized carbons (Fsp3) is 1.00. The Hall–Kier alpha value is -0.120. The van der Waals surface area contributed by atoms with Crippen LogP contribution in [0.4, 0.5) is 0 Å². The number of hydrogen-bond acceptors (Lipinski definition) is 3. The Bertz CT molecular complexity index is 223. The topological polar surface area (TPSA) is 32.5 Å². The van der Waals surface area contributed by atoms with Crippen LogP contribution in [0.1, 0.15) is 38.5 Å². The predicted molar refractivity (Wildman–Crippen MR) is 66.4 cm³/mol. The standard InChI is InChI=1S/C13H25N3/c14-11-1-3-12(4-2-11)15-7-9-16(10-8-15)13-5-6-13/h11-13H,1-10,14H2. The number of piperazine rings is 1. The Kier molecular flexibility index (Phi) is 3.18. The third-order valence-corrected chi connectivity index (χ3v) is 4.67. The summed E-state index contributed by atoms with van der Waals surface area (Å²) in [5, 5.41) is 0. The van der Waals surface area contributed by atoms with E-state index in [1.807, 2.05) is 0 Å². The molecule has 2 aliphatic carbocycles. The molecule has 2 saturated carbocycles. The van der Waals surface area contributed by atoms with Gasteiger partial charge in [0.2, 0.25) is 0 Å². The third-order valence-electron chi connectivity index (χ3n) is 4.67. The van der Waals surface area contributed by atoms with Gasteiger partial charge in [-0.15, -0.1) is 0 Å². The molecule has 0 bridgehead atoms. The first kappa shape index (κ1) is 11.0. The minimum atomic E-state index is 0.490. The Balaban J connectivity index is 1.46. The van der Waals surface area contributed by atoms with Crippen LogP contribution in [0.15, 0.2) is 0 Å². The maximum atomic E-state index is 5.97. The second-order valence-corrected chi connectivity index (χ2v) is 5.87. The van der Waals surface area contributed by atoms with Crippen LogP contribution < -0.4 is 5.73 Å². The molecule has 3 rings (SSSR count). The zero-order valence-corrected chi connectivity index (χ0v) is 10.3. The summed E-state index contributed by atoms with van der Waals surface area (Å²) in [5.41, 5.74) is 5.97. The first-order chi connectivity index (χ1) is 7.83. The average molecular weight is 223 g/mol. The van der Waals surface area contributed by atoms with Crippen LogP contribution in [0.25, 0.3) is 0 Å². The second kappa shape index (κ2) is 4.63. The molecule has 0 atom stereocenters. The van der Waals surface area contributed by atoms with Crippen LogP contribution in [0.5, 0.6) is 0 Å². The highest BCUT2D eigenvalue weighted by molar-refractivity contribution is 4.90. The fourth-order valence-electron chi connectivity index (χ4n) is 3.37. The van der Waals surface area contributed by atoms with Crippen molar-refractivity contribution in [3.8, 4) is 0 Å². The van der Waals surface area contributed by atoms with Gasteiger partial charge in [-0.2, -0.15) is 0 Å². The van der Waals surface area contributed by atoms with Crippen molar-refractivity contribution in [2.45, 2.75) is 56.7 Å². The van der Waals surface area contributed by atoms with E-state index in [-0.39, 0.29) is 0 Å². The van der Waals surface area contributed by atoms with Crippen LogP contribution in [0.3, 0.4) is 0 Å². The summed E-state index contributed by atoms with van der Waals surface area (Å²) in [5.74, 6) is 0. The summed E-state index contributed by atoms with van der Waals surface area (Å²) in [4.78, 5) is 5.43. The van der Waals surface area contributed by atoms with E-state index in [0.29, 0.717) is 6.04 Å². The molecule has 0 amide bonds. The van der Waals surface area contributed by atoms with Crippen LogP contribution in [0, 0.1) is 0 Å². The van der Waals surface area contributed by atoms with Gasteiger partial charge in [-0.25, -0.2) is 0 Å². The molecule has 0 radical (unpaired) electrons. The average Bonchev–Trinajstić information content (AvgIpc) is 3.14. The van der Waals surface area contributed by atoms with Crippen molar-refractivity contribution in [1.29, 1.82) is 0 Å². The lowest BCUT2D eigenvalue weighted by Gasteiger charge is -2.41.